The smallest absolute Gasteiger partial charge is 0.313 e. The molecule has 1 N–H and O–H groups in total. The molecule has 1 aromatic carbocycles. The molecule has 1 aromatic heterocycles. The van der Waals surface area contributed by atoms with Gasteiger partial charge >= 0.3 is 11.8 Å². The highest BCUT2D eigenvalue weighted by atomic mass is 32.1. The summed E-state index contributed by atoms with van der Waals surface area (Å²) in [7, 11) is 2.02. The number of thiophene rings is 1. The first-order valence-corrected chi connectivity index (χ1v) is 12.5. The molecule has 6 nitrogen and oxygen atoms in total. The molecule has 0 bridgehead atoms. The number of hydrogen-bond donors (Lipinski definition) is 1. The Kier molecular flexibility index (Phi) is 8.96. The fourth-order valence-corrected chi connectivity index (χ4v) is 4.87. The molecule has 2 aromatic rings. The number of amides is 2. The maximum Gasteiger partial charge on any atom is 0.313 e. The van der Waals surface area contributed by atoms with Gasteiger partial charge in [-0.15, -0.1) is 11.3 Å². The summed E-state index contributed by atoms with van der Waals surface area (Å²) in [5.74, 6) is -1.09. The standard InChI is InChI=1S/C27H34N4O2S/c1-6-8-9-10-21-16-25(34-20(21)4)24-17-23(15-22(19(24)3)18-28-7-2)29-26(32)27(33)31-13-11-30(5)12-14-31/h6,8-10,15-18H,7,11-14H2,1-5H3,(H,29,32)/b8-6-,10-9-,28-18?. The van der Waals surface area contributed by atoms with Crippen LogP contribution < -0.4 is 5.32 Å². The summed E-state index contributed by atoms with van der Waals surface area (Å²) in [4.78, 5) is 36.0. The first-order chi connectivity index (χ1) is 16.3. The van der Waals surface area contributed by atoms with Gasteiger partial charge < -0.3 is 15.1 Å². The molecule has 0 unspecified atom stereocenters. The van der Waals surface area contributed by atoms with E-state index in [2.05, 4.69) is 41.2 Å². The average Bonchev–Trinajstić information content (AvgIpc) is 3.19. The predicted octanol–water partition coefficient (Wildman–Crippen LogP) is 4.77. The predicted molar refractivity (Wildman–Crippen MR) is 144 cm³/mol. The van der Waals surface area contributed by atoms with Crippen LogP contribution in [0, 0.1) is 13.8 Å². The molecule has 1 fully saturated rings. The molecule has 0 spiro atoms. The molecule has 1 saturated heterocycles. The van der Waals surface area contributed by atoms with Crippen LogP contribution in [0.5, 0.6) is 0 Å². The van der Waals surface area contributed by atoms with Crippen molar-refractivity contribution >= 4 is 41.1 Å². The van der Waals surface area contributed by atoms with Crippen LogP contribution in [0.15, 0.2) is 41.4 Å². The zero-order valence-electron chi connectivity index (χ0n) is 20.7. The molecule has 3 rings (SSSR count). The molecule has 2 amide bonds. The number of hydrogen-bond acceptors (Lipinski definition) is 5. The van der Waals surface area contributed by atoms with Crippen molar-refractivity contribution in [3.63, 3.8) is 0 Å². The number of benzene rings is 1. The zero-order valence-corrected chi connectivity index (χ0v) is 21.5. The third-order valence-electron chi connectivity index (χ3n) is 5.90. The van der Waals surface area contributed by atoms with Gasteiger partial charge in [0.15, 0.2) is 0 Å². The van der Waals surface area contributed by atoms with Crippen LogP contribution in [0.2, 0.25) is 0 Å². The van der Waals surface area contributed by atoms with Gasteiger partial charge in [0.2, 0.25) is 0 Å². The summed E-state index contributed by atoms with van der Waals surface area (Å²) >= 11 is 1.72. The van der Waals surface area contributed by atoms with Crippen molar-refractivity contribution in [3.8, 4) is 10.4 Å². The number of nitrogens with zero attached hydrogens (tertiary/aromatic N) is 3. The second kappa shape index (κ2) is 11.9. The van der Waals surface area contributed by atoms with Crippen LogP contribution in [0.4, 0.5) is 5.69 Å². The summed E-state index contributed by atoms with van der Waals surface area (Å²) in [5.41, 5.74) is 4.81. The van der Waals surface area contributed by atoms with Crippen LogP contribution in [-0.2, 0) is 9.59 Å². The van der Waals surface area contributed by atoms with Crippen molar-refractivity contribution in [2.24, 2.45) is 4.99 Å². The second-order valence-corrected chi connectivity index (χ2v) is 9.68. The van der Waals surface area contributed by atoms with Crippen LogP contribution in [0.3, 0.4) is 0 Å². The van der Waals surface area contributed by atoms with Gasteiger partial charge in [-0.1, -0.05) is 24.3 Å². The maximum atomic E-state index is 12.8. The molecule has 34 heavy (non-hydrogen) atoms. The Bertz CT molecular complexity index is 1120. The zero-order chi connectivity index (χ0) is 24.7. The quantitative estimate of drug-likeness (QED) is 0.369. The largest absolute Gasteiger partial charge is 0.332 e. The van der Waals surface area contributed by atoms with Gasteiger partial charge in [-0.2, -0.15) is 0 Å². The Morgan fingerprint density at radius 2 is 1.82 bits per heavy atom. The highest BCUT2D eigenvalue weighted by molar-refractivity contribution is 7.15. The molecular weight excluding hydrogens is 444 g/mol. The first-order valence-electron chi connectivity index (χ1n) is 11.7. The monoisotopic (exact) mass is 478 g/mol. The van der Waals surface area contributed by atoms with E-state index >= 15 is 0 Å². The third kappa shape index (κ3) is 6.30. The lowest BCUT2D eigenvalue weighted by Gasteiger charge is -2.31. The lowest BCUT2D eigenvalue weighted by molar-refractivity contribution is -0.144. The highest BCUT2D eigenvalue weighted by Gasteiger charge is 2.25. The SMILES string of the molecule is C/C=C\C=C/c1cc(-c2cc(NC(=O)C(=O)N3CCN(C)CC3)cc(C=NCC)c2C)sc1C. The molecule has 2 heterocycles. The van der Waals surface area contributed by atoms with Gasteiger partial charge in [-0.3, -0.25) is 14.6 Å². The minimum Gasteiger partial charge on any atom is -0.332 e. The first kappa shape index (κ1) is 25.6. The molecule has 0 atom stereocenters. The van der Waals surface area contributed by atoms with Crippen LogP contribution in [0.25, 0.3) is 16.5 Å². The van der Waals surface area contributed by atoms with E-state index in [0.29, 0.717) is 25.3 Å². The normalized spacial score (nSPS) is 15.1. The summed E-state index contributed by atoms with van der Waals surface area (Å²) in [5, 5.41) is 2.84. The molecule has 7 heteroatoms. The Labute approximate surface area is 206 Å². The fraction of sp³-hybridized carbons (Fsp3) is 0.370. The Balaban J connectivity index is 1.92. The Morgan fingerprint density at radius 1 is 1.09 bits per heavy atom. The number of aliphatic imine (C=N–C) groups is 1. The highest BCUT2D eigenvalue weighted by Crippen LogP contribution is 2.36. The molecular formula is C27H34N4O2S. The number of anilines is 1. The molecule has 180 valence electrons. The molecule has 1 aliphatic heterocycles. The number of piperazine rings is 1. The second-order valence-electron chi connectivity index (χ2n) is 8.42. The van der Waals surface area contributed by atoms with Gasteiger partial charge in [0.05, 0.1) is 0 Å². The van der Waals surface area contributed by atoms with E-state index in [-0.39, 0.29) is 0 Å². The number of carbonyl (C=O) groups is 2. The van der Waals surface area contributed by atoms with Gasteiger partial charge in [-0.05, 0) is 75.2 Å². The van der Waals surface area contributed by atoms with Gasteiger partial charge in [0.25, 0.3) is 0 Å². The topological polar surface area (TPSA) is 65.0 Å². The van der Waals surface area contributed by atoms with Gasteiger partial charge in [0, 0.05) is 54.4 Å². The van der Waals surface area contributed by atoms with Crippen molar-refractivity contribution < 1.29 is 9.59 Å². The van der Waals surface area contributed by atoms with Crippen molar-refractivity contribution in [3.05, 3.63) is 58.0 Å². The number of likely N-dealkylation sites (N-methyl/N-ethyl adjacent to an activating group) is 1. The van der Waals surface area contributed by atoms with E-state index in [1.807, 2.05) is 57.5 Å². The summed E-state index contributed by atoms with van der Waals surface area (Å²) in [6.45, 7) is 11.5. The van der Waals surface area contributed by atoms with Crippen molar-refractivity contribution in [2.75, 3.05) is 45.1 Å². The number of nitrogens with one attached hydrogen (secondary N) is 1. The molecule has 0 radical (unpaired) electrons. The van der Waals surface area contributed by atoms with Crippen molar-refractivity contribution in [1.82, 2.24) is 9.80 Å². The Hall–Kier alpha value is -3.03. The number of rotatable bonds is 6. The lowest BCUT2D eigenvalue weighted by atomic mass is 9.99. The lowest BCUT2D eigenvalue weighted by Crippen LogP contribution is -2.50. The van der Waals surface area contributed by atoms with E-state index in [1.54, 1.807) is 16.2 Å². The van der Waals surface area contributed by atoms with Crippen LogP contribution >= 0.6 is 11.3 Å². The summed E-state index contributed by atoms with van der Waals surface area (Å²) < 4.78 is 0. The van der Waals surface area contributed by atoms with Crippen molar-refractivity contribution in [2.45, 2.75) is 27.7 Å². The van der Waals surface area contributed by atoms with E-state index < -0.39 is 11.8 Å². The maximum absolute atomic E-state index is 12.8. The number of carbonyl (C=O) groups excluding carboxylic acids is 2. The summed E-state index contributed by atoms with van der Waals surface area (Å²) in [6.07, 6.45) is 9.98. The van der Waals surface area contributed by atoms with E-state index in [0.717, 1.165) is 34.7 Å². The average molecular weight is 479 g/mol. The fourth-order valence-electron chi connectivity index (χ4n) is 3.79. The van der Waals surface area contributed by atoms with Crippen LogP contribution in [-0.4, -0.2) is 67.6 Å². The van der Waals surface area contributed by atoms with Gasteiger partial charge in [0.1, 0.15) is 0 Å². The van der Waals surface area contributed by atoms with Crippen molar-refractivity contribution in [1.29, 1.82) is 0 Å². The third-order valence-corrected chi connectivity index (χ3v) is 7.00. The molecule has 0 aliphatic carbocycles. The minimum absolute atomic E-state index is 0.484. The Morgan fingerprint density at radius 3 is 2.50 bits per heavy atom. The van der Waals surface area contributed by atoms with Gasteiger partial charge in [-0.25, -0.2) is 0 Å². The molecule has 0 saturated carbocycles. The van der Waals surface area contributed by atoms with E-state index in [9.17, 15) is 9.59 Å². The molecule has 1 aliphatic rings. The van der Waals surface area contributed by atoms with E-state index in [1.165, 1.54) is 10.4 Å². The van der Waals surface area contributed by atoms with E-state index in [4.69, 9.17) is 0 Å². The van der Waals surface area contributed by atoms with Crippen LogP contribution in [0.1, 0.15) is 35.4 Å². The summed E-state index contributed by atoms with van der Waals surface area (Å²) in [6, 6.07) is 6.02. The minimum atomic E-state index is -0.602. The number of aryl methyl sites for hydroxylation is 1. The number of allylic oxidation sites excluding steroid dienone is 3.